The third kappa shape index (κ3) is 2.59. The minimum absolute atomic E-state index is 0.394. The van der Waals surface area contributed by atoms with Crippen LogP contribution in [-0.4, -0.2) is 12.9 Å². The molecule has 0 bridgehead atoms. The fourth-order valence-corrected chi connectivity index (χ4v) is 1.96. The molecule has 0 spiro atoms. The molecule has 0 aliphatic rings. The minimum Gasteiger partial charge on any atom is -0.494 e. The Labute approximate surface area is 107 Å². The van der Waals surface area contributed by atoms with Gasteiger partial charge in [-0.05, 0) is 18.6 Å². The van der Waals surface area contributed by atoms with Crippen LogP contribution in [0.1, 0.15) is 24.0 Å². The summed E-state index contributed by atoms with van der Waals surface area (Å²) >= 11 is 0. The van der Waals surface area contributed by atoms with Crippen LogP contribution < -0.4 is 4.74 Å². The van der Waals surface area contributed by atoms with E-state index in [1.54, 1.807) is 0 Å². The van der Waals surface area contributed by atoms with Gasteiger partial charge in [-0.3, -0.25) is 4.79 Å². The Hall–Kier alpha value is -2.09. The Morgan fingerprint density at radius 2 is 1.72 bits per heavy atom. The molecule has 1 radical (unpaired) electrons. The van der Waals surface area contributed by atoms with E-state index in [-0.39, 0.29) is 0 Å². The fraction of sp³-hybridized carbons (Fsp3) is 0.188. The highest BCUT2D eigenvalue weighted by atomic mass is 16.5. The van der Waals surface area contributed by atoms with Crippen molar-refractivity contribution in [1.29, 1.82) is 0 Å². The largest absolute Gasteiger partial charge is 0.494 e. The zero-order valence-corrected chi connectivity index (χ0v) is 10.3. The first-order valence-corrected chi connectivity index (χ1v) is 6.01. The van der Waals surface area contributed by atoms with Crippen LogP contribution in [0.15, 0.2) is 54.6 Å². The highest BCUT2D eigenvalue weighted by Gasteiger charge is 2.17. The van der Waals surface area contributed by atoms with Crippen molar-refractivity contribution in [2.75, 3.05) is 6.61 Å². The zero-order chi connectivity index (χ0) is 12.8. The van der Waals surface area contributed by atoms with Gasteiger partial charge in [-0.1, -0.05) is 48.5 Å². The smallest absolute Gasteiger partial charge is 0.211 e. The van der Waals surface area contributed by atoms with Crippen molar-refractivity contribution in [2.24, 2.45) is 0 Å². The molecule has 0 aliphatic carbocycles. The number of hydrogen-bond donors (Lipinski definition) is 0. The van der Waals surface area contributed by atoms with E-state index in [1.165, 1.54) is 0 Å². The van der Waals surface area contributed by atoms with E-state index < -0.39 is 5.92 Å². The highest BCUT2D eigenvalue weighted by Crippen LogP contribution is 2.30. The average Bonchev–Trinajstić information content (AvgIpc) is 2.43. The summed E-state index contributed by atoms with van der Waals surface area (Å²) in [5.41, 5.74) is 1.79. The molecule has 1 atom stereocenters. The number of rotatable bonds is 5. The monoisotopic (exact) mass is 239 g/mol. The Morgan fingerprint density at radius 3 is 2.39 bits per heavy atom. The normalized spacial score (nSPS) is 11.8. The number of ether oxygens (including phenoxy) is 1. The quantitative estimate of drug-likeness (QED) is 0.800. The summed E-state index contributed by atoms with van der Waals surface area (Å²) in [6.07, 6.45) is 2.10. The highest BCUT2D eigenvalue weighted by molar-refractivity contribution is 5.70. The summed E-state index contributed by atoms with van der Waals surface area (Å²) in [4.78, 5) is 11.3. The van der Waals surface area contributed by atoms with Crippen LogP contribution in [0.25, 0.3) is 0 Å². The van der Waals surface area contributed by atoms with Crippen molar-refractivity contribution < 1.29 is 9.53 Å². The molecule has 1 unspecified atom stereocenters. The van der Waals surface area contributed by atoms with E-state index >= 15 is 0 Å². The van der Waals surface area contributed by atoms with Crippen molar-refractivity contribution in [1.82, 2.24) is 0 Å². The van der Waals surface area contributed by atoms with Crippen LogP contribution in [0.5, 0.6) is 5.75 Å². The molecule has 0 amide bonds. The predicted molar refractivity (Wildman–Crippen MR) is 71.6 cm³/mol. The number of hydrogen-bond acceptors (Lipinski definition) is 2. The van der Waals surface area contributed by atoms with Gasteiger partial charge < -0.3 is 4.74 Å². The molecule has 0 saturated heterocycles. The van der Waals surface area contributed by atoms with Gasteiger partial charge in [0.25, 0.3) is 0 Å². The maximum atomic E-state index is 11.3. The average molecular weight is 239 g/mol. The van der Waals surface area contributed by atoms with Gasteiger partial charge >= 0.3 is 0 Å². The van der Waals surface area contributed by atoms with Gasteiger partial charge in [0.1, 0.15) is 5.75 Å². The van der Waals surface area contributed by atoms with Crippen molar-refractivity contribution in [2.45, 2.75) is 12.8 Å². The molecule has 0 aliphatic heterocycles. The molecule has 2 aromatic carbocycles. The van der Waals surface area contributed by atoms with Crippen LogP contribution in [0.4, 0.5) is 0 Å². The lowest BCUT2D eigenvalue weighted by Gasteiger charge is -2.15. The zero-order valence-electron chi connectivity index (χ0n) is 10.3. The van der Waals surface area contributed by atoms with Gasteiger partial charge in [0, 0.05) is 5.56 Å². The maximum Gasteiger partial charge on any atom is 0.211 e. The Bertz CT molecular complexity index is 506. The first-order valence-electron chi connectivity index (χ1n) is 6.01. The maximum absolute atomic E-state index is 11.3. The van der Waals surface area contributed by atoms with Crippen molar-refractivity contribution in [3.05, 3.63) is 65.7 Å². The first-order chi connectivity index (χ1) is 8.86. The predicted octanol–water partition coefficient (Wildman–Crippen LogP) is 3.33. The van der Waals surface area contributed by atoms with Crippen molar-refractivity contribution >= 4 is 6.29 Å². The van der Waals surface area contributed by atoms with Gasteiger partial charge in [0.15, 0.2) is 0 Å². The molecular formula is C16H15O2. The molecule has 0 fully saturated rings. The van der Waals surface area contributed by atoms with Crippen LogP contribution in [0.3, 0.4) is 0 Å². The van der Waals surface area contributed by atoms with Crippen LogP contribution in [0, 0.1) is 0 Å². The fourth-order valence-electron chi connectivity index (χ4n) is 1.96. The molecule has 0 N–H and O–H groups in total. The molecule has 0 heterocycles. The van der Waals surface area contributed by atoms with E-state index in [1.807, 2.05) is 61.5 Å². The first kappa shape index (κ1) is 12.4. The Kier molecular flexibility index (Phi) is 4.13. The topological polar surface area (TPSA) is 26.3 Å². The van der Waals surface area contributed by atoms with E-state index in [4.69, 9.17) is 4.74 Å². The van der Waals surface area contributed by atoms with Crippen LogP contribution in [0.2, 0.25) is 0 Å². The number of benzene rings is 2. The number of para-hydroxylation sites is 1. The van der Waals surface area contributed by atoms with E-state index in [2.05, 4.69) is 6.29 Å². The van der Waals surface area contributed by atoms with Gasteiger partial charge in [-0.15, -0.1) is 0 Å². The van der Waals surface area contributed by atoms with Gasteiger partial charge in [-0.25, -0.2) is 0 Å². The third-order valence-electron chi connectivity index (χ3n) is 2.78. The molecule has 91 valence electrons. The van der Waals surface area contributed by atoms with E-state index in [0.717, 1.165) is 16.9 Å². The Morgan fingerprint density at radius 1 is 1.06 bits per heavy atom. The summed E-state index contributed by atoms with van der Waals surface area (Å²) < 4.78 is 5.56. The molecule has 0 aromatic heterocycles. The van der Waals surface area contributed by atoms with Crippen molar-refractivity contribution in [3.8, 4) is 5.75 Å². The lowest BCUT2D eigenvalue weighted by molar-refractivity contribution is 0.336. The summed E-state index contributed by atoms with van der Waals surface area (Å²) in [6.45, 7) is 2.51. The molecular weight excluding hydrogens is 224 g/mol. The molecule has 2 rings (SSSR count). The van der Waals surface area contributed by atoms with Crippen molar-refractivity contribution in [3.63, 3.8) is 0 Å². The molecule has 2 heteroatoms. The van der Waals surface area contributed by atoms with Gasteiger partial charge in [-0.2, -0.15) is 0 Å². The van der Waals surface area contributed by atoms with E-state index in [0.29, 0.717) is 6.61 Å². The second-order valence-electron chi connectivity index (χ2n) is 3.93. The molecule has 0 saturated carbocycles. The third-order valence-corrected chi connectivity index (χ3v) is 2.78. The number of carbonyl (C=O) groups excluding carboxylic acids is 1. The van der Waals surface area contributed by atoms with Crippen LogP contribution >= 0.6 is 0 Å². The summed E-state index contributed by atoms with van der Waals surface area (Å²) in [6, 6.07) is 17.2. The molecule has 18 heavy (non-hydrogen) atoms. The summed E-state index contributed by atoms with van der Waals surface area (Å²) in [7, 11) is 0. The van der Waals surface area contributed by atoms with Crippen LogP contribution in [-0.2, 0) is 4.79 Å². The standard InChI is InChI=1S/C16H15O2/c1-2-18-16-11-7-6-10-14(16)15(12-17)13-8-4-3-5-9-13/h3-11,15H,2H2,1H3. The van der Waals surface area contributed by atoms with Gasteiger partial charge in [0.2, 0.25) is 6.29 Å². The summed E-state index contributed by atoms with van der Waals surface area (Å²) in [5.74, 6) is 0.353. The lowest BCUT2D eigenvalue weighted by Crippen LogP contribution is -2.05. The van der Waals surface area contributed by atoms with E-state index in [9.17, 15) is 4.79 Å². The molecule has 2 nitrogen and oxygen atoms in total. The van der Waals surface area contributed by atoms with Gasteiger partial charge in [0.05, 0.1) is 12.5 Å². The second-order valence-corrected chi connectivity index (χ2v) is 3.93. The minimum atomic E-state index is -0.394. The summed E-state index contributed by atoms with van der Waals surface area (Å²) in [5, 5.41) is 0. The molecule has 2 aromatic rings. The Balaban J connectivity index is 2.42. The SMILES string of the molecule is CCOc1ccccc1C([C]=O)c1ccccc1. The second kappa shape index (κ2) is 6.01. The lowest BCUT2D eigenvalue weighted by atomic mass is 9.92.